The summed E-state index contributed by atoms with van der Waals surface area (Å²) < 4.78 is 13.1. The van der Waals surface area contributed by atoms with E-state index in [1.165, 1.54) is 12.1 Å². The lowest BCUT2D eigenvalue weighted by atomic mass is 10.2. The summed E-state index contributed by atoms with van der Waals surface area (Å²) >= 11 is 2.99. The molecule has 0 spiro atoms. The molecule has 0 heterocycles. The number of nitrogens with two attached hydrogens (primary N) is 1. The summed E-state index contributed by atoms with van der Waals surface area (Å²) in [7, 11) is 0. The summed E-state index contributed by atoms with van der Waals surface area (Å²) in [4.78, 5) is 0. The van der Waals surface area contributed by atoms with Crippen LogP contribution in [0.5, 0.6) is 0 Å². The quantitative estimate of drug-likeness (QED) is 0.547. The van der Waals surface area contributed by atoms with Gasteiger partial charge in [-0.2, -0.15) is 0 Å². The van der Waals surface area contributed by atoms with Crippen LogP contribution < -0.4 is 5.73 Å². The number of amidine groups is 1. The molecule has 58 valence electrons. The SMILES string of the molecule is N=C(N)c1ccc(Br)c(F)c1. The Bertz CT molecular complexity index is 298. The fourth-order valence-corrected chi connectivity index (χ4v) is 0.910. The van der Waals surface area contributed by atoms with Gasteiger partial charge in [0.2, 0.25) is 0 Å². The maximum absolute atomic E-state index is 12.7. The molecule has 0 aliphatic rings. The minimum absolute atomic E-state index is 0.128. The molecule has 0 atom stereocenters. The van der Waals surface area contributed by atoms with E-state index in [1.807, 2.05) is 0 Å². The molecule has 1 aromatic rings. The molecule has 0 radical (unpaired) electrons. The van der Waals surface area contributed by atoms with Crippen LogP contribution in [0.1, 0.15) is 5.56 Å². The molecule has 4 heteroatoms. The lowest BCUT2D eigenvalue weighted by molar-refractivity contribution is 0.621. The Kier molecular flexibility index (Phi) is 2.24. The number of nitrogens with one attached hydrogen (secondary N) is 1. The van der Waals surface area contributed by atoms with Gasteiger partial charge < -0.3 is 5.73 Å². The second-order valence-corrected chi connectivity index (χ2v) is 2.90. The maximum atomic E-state index is 12.7. The Labute approximate surface area is 71.9 Å². The van der Waals surface area contributed by atoms with Gasteiger partial charge in [-0.1, -0.05) is 0 Å². The Morgan fingerprint density at radius 2 is 2.18 bits per heavy atom. The standard InChI is InChI=1S/C7H6BrFN2/c8-5-2-1-4(7(10)11)3-6(5)9/h1-3H,(H3,10,11). The van der Waals surface area contributed by atoms with E-state index in [9.17, 15) is 4.39 Å². The van der Waals surface area contributed by atoms with E-state index in [0.717, 1.165) is 0 Å². The lowest BCUT2D eigenvalue weighted by Gasteiger charge is -1.98. The van der Waals surface area contributed by atoms with Crippen molar-refractivity contribution in [3.63, 3.8) is 0 Å². The van der Waals surface area contributed by atoms with E-state index in [4.69, 9.17) is 11.1 Å². The molecule has 3 N–H and O–H groups in total. The van der Waals surface area contributed by atoms with Gasteiger partial charge >= 0.3 is 0 Å². The van der Waals surface area contributed by atoms with Crippen LogP contribution in [0, 0.1) is 11.2 Å². The van der Waals surface area contributed by atoms with Gasteiger partial charge in [0.1, 0.15) is 11.7 Å². The zero-order chi connectivity index (χ0) is 8.43. The fraction of sp³-hybridized carbons (Fsp3) is 0. The number of halogens is 2. The molecule has 0 aliphatic carbocycles. The first-order chi connectivity index (χ1) is 5.11. The Balaban J connectivity index is 3.15. The van der Waals surface area contributed by atoms with Crippen molar-refractivity contribution in [3.8, 4) is 0 Å². The monoisotopic (exact) mass is 216 g/mol. The number of hydrogen-bond donors (Lipinski definition) is 2. The van der Waals surface area contributed by atoms with Crippen molar-refractivity contribution in [2.75, 3.05) is 0 Å². The summed E-state index contributed by atoms with van der Waals surface area (Å²) in [6.07, 6.45) is 0. The van der Waals surface area contributed by atoms with E-state index >= 15 is 0 Å². The van der Waals surface area contributed by atoms with E-state index in [0.29, 0.717) is 10.0 Å². The number of nitrogen functional groups attached to an aromatic ring is 1. The normalized spacial score (nSPS) is 9.64. The van der Waals surface area contributed by atoms with E-state index in [2.05, 4.69) is 15.9 Å². The van der Waals surface area contributed by atoms with Crippen LogP contribution in [-0.4, -0.2) is 5.84 Å². The summed E-state index contributed by atoms with van der Waals surface area (Å²) in [6.45, 7) is 0. The summed E-state index contributed by atoms with van der Waals surface area (Å²) in [5.74, 6) is -0.533. The van der Waals surface area contributed by atoms with Crippen molar-refractivity contribution in [3.05, 3.63) is 34.1 Å². The van der Waals surface area contributed by atoms with Gasteiger partial charge in [-0.3, -0.25) is 5.41 Å². The molecule has 0 fully saturated rings. The van der Waals surface area contributed by atoms with Gasteiger partial charge in [-0.05, 0) is 34.1 Å². The van der Waals surface area contributed by atoms with Gasteiger partial charge in [0.05, 0.1) is 4.47 Å². The van der Waals surface area contributed by atoms with E-state index in [-0.39, 0.29) is 5.84 Å². The third kappa shape index (κ3) is 1.77. The number of hydrogen-bond acceptors (Lipinski definition) is 1. The van der Waals surface area contributed by atoms with Crippen molar-refractivity contribution < 1.29 is 4.39 Å². The van der Waals surface area contributed by atoms with Crippen molar-refractivity contribution in [1.29, 1.82) is 5.41 Å². The highest BCUT2D eigenvalue weighted by atomic mass is 79.9. The molecular weight excluding hydrogens is 211 g/mol. The number of rotatable bonds is 1. The topological polar surface area (TPSA) is 49.9 Å². The van der Waals surface area contributed by atoms with Gasteiger partial charge in [0.15, 0.2) is 0 Å². The highest BCUT2D eigenvalue weighted by Crippen LogP contribution is 2.15. The minimum atomic E-state index is -0.405. The van der Waals surface area contributed by atoms with Crippen LogP contribution in [0.2, 0.25) is 0 Å². The summed E-state index contributed by atoms with van der Waals surface area (Å²) in [5, 5.41) is 7.00. The third-order valence-corrected chi connectivity index (χ3v) is 1.87. The molecule has 1 rings (SSSR count). The van der Waals surface area contributed by atoms with Gasteiger partial charge in [0, 0.05) is 5.56 Å². The van der Waals surface area contributed by atoms with E-state index in [1.54, 1.807) is 6.07 Å². The molecule has 1 aromatic carbocycles. The van der Waals surface area contributed by atoms with Crippen LogP contribution in [0.3, 0.4) is 0 Å². The molecule has 11 heavy (non-hydrogen) atoms. The van der Waals surface area contributed by atoms with Crippen LogP contribution in [0.4, 0.5) is 4.39 Å². The first kappa shape index (κ1) is 8.20. The first-order valence-corrected chi connectivity index (χ1v) is 3.70. The highest BCUT2D eigenvalue weighted by Gasteiger charge is 2.01. The van der Waals surface area contributed by atoms with Crippen LogP contribution in [0.15, 0.2) is 22.7 Å². The first-order valence-electron chi connectivity index (χ1n) is 2.90. The predicted octanol–water partition coefficient (Wildman–Crippen LogP) is 1.87. The summed E-state index contributed by atoms with van der Waals surface area (Å²) in [6, 6.07) is 4.31. The second kappa shape index (κ2) is 3.00. The predicted molar refractivity (Wildman–Crippen MR) is 45.1 cm³/mol. The number of benzene rings is 1. The average molecular weight is 217 g/mol. The molecular formula is C7H6BrFN2. The maximum Gasteiger partial charge on any atom is 0.138 e. The Hall–Kier alpha value is -0.900. The lowest BCUT2D eigenvalue weighted by Crippen LogP contribution is -2.10. The molecule has 0 amide bonds. The second-order valence-electron chi connectivity index (χ2n) is 2.04. The molecule has 0 aromatic heterocycles. The molecule has 0 saturated heterocycles. The summed E-state index contributed by atoms with van der Waals surface area (Å²) in [5.41, 5.74) is 5.53. The van der Waals surface area contributed by atoms with Gasteiger partial charge in [-0.15, -0.1) is 0 Å². The molecule has 2 nitrogen and oxygen atoms in total. The molecule has 0 saturated carbocycles. The van der Waals surface area contributed by atoms with Crippen LogP contribution in [-0.2, 0) is 0 Å². The minimum Gasteiger partial charge on any atom is -0.384 e. The molecule has 0 aliphatic heterocycles. The van der Waals surface area contributed by atoms with Gasteiger partial charge in [-0.25, -0.2) is 4.39 Å². The smallest absolute Gasteiger partial charge is 0.138 e. The van der Waals surface area contributed by atoms with Crippen LogP contribution >= 0.6 is 15.9 Å². The van der Waals surface area contributed by atoms with Crippen molar-refractivity contribution in [2.45, 2.75) is 0 Å². The van der Waals surface area contributed by atoms with Crippen molar-refractivity contribution in [2.24, 2.45) is 5.73 Å². The van der Waals surface area contributed by atoms with Crippen molar-refractivity contribution in [1.82, 2.24) is 0 Å². The van der Waals surface area contributed by atoms with Crippen molar-refractivity contribution >= 4 is 21.8 Å². The molecule has 0 bridgehead atoms. The Morgan fingerprint density at radius 3 is 2.64 bits per heavy atom. The average Bonchev–Trinajstić information content (AvgIpc) is 1.94. The largest absolute Gasteiger partial charge is 0.384 e. The zero-order valence-corrected chi connectivity index (χ0v) is 7.15. The van der Waals surface area contributed by atoms with Gasteiger partial charge in [0.25, 0.3) is 0 Å². The fourth-order valence-electron chi connectivity index (χ4n) is 0.664. The third-order valence-electron chi connectivity index (χ3n) is 1.23. The Morgan fingerprint density at radius 1 is 1.55 bits per heavy atom. The molecule has 0 unspecified atom stereocenters. The van der Waals surface area contributed by atoms with E-state index < -0.39 is 5.82 Å². The highest BCUT2D eigenvalue weighted by molar-refractivity contribution is 9.10. The zero-order valence-electron chi connectivity index (χ0n) is 5.57. The van der Waals surface area contributed by atoms with Crippen LogP contribution in [0.25, 0.3) is 0 Å².